The molecule has 116 valence electrons. The predicted molar refractivity (Wildman–Crippen MR) is 93.1 cm³/mol. The Morgan fingerprint density at radius 1 is 1.14 bits per heavy atom. The molecule has 0 aliphatic heterocycles. The minimum atomic E-state index is 0.809. The number of aryl methyl sites for hydroxylation is 2. The second kappa shape index (κ2) is 7.43. The zero-order valence-electron chi connectivity index (χ0n) is 13.4. The van der Waals surface area contributed by atoms with E-state index in [1.807, 2.05) is 18.2 Å². The smallest absolute Gasteiger partial charge is 0.116 e. The molecule has 0 spiro atoms. The van der Waals surface area contributed by atoms with Crippen molar-refractivity contribution in [2.45, 2.75) is 20.3 Å². The SMILES string of the molecule is CON(C)C=Nc1cc(C)c(Cc2ccccc2Cl)cc1C. The fourth-order valence-electron chi connectivity index (χ4n) is 2.23. The third-order valence-corrected chi connectivity index (χ3v) is 4.01. The molecular weight excluding hydrogens is 296 g/mol. The van der Waals surface area contributed by atoms with Crippen LogP contribution in [0.2, 0.25) is 5.02 Å². The van der Waals surface area contributed by atoms with Gasteiger partial charge in [-0.3, -0.25) is 4.84 Å². The van der Waals surface area contributed by atoms with Gasteiger partial charge >= 0.3 is 0 Å². The van der Waals surface area contributed by atoms with Crippen molar-refractivity contribution in [3.8, 4) is 0 Å². The number of hydroxylamine groups is 2. The molecular formula is C18H21ClN2O. The lowest BCUT2D eigenvalue weighted by Crippen LogP contribution is -2.13. The van der Waals surface area contributed by atoms with Crippen LogP contribution in [-0.2, 0) is 11.3 Å². The van der Waals surface area contributed by atoms with E-state index in [0.29, 0.717) is 0 Å². The van der Waals surface area contributed by atoms with Crippen LogP contribution in [0.1, 0.15) is 22.3 Å². The number of rotatable bonds is 5. The van der Waals surface area contributed by atoms with Crippen LogP contribution >= 0.6 is 11.6 Å². The van der Waals surface area contributed by atoms with Gasteiger partial charge in [-0.05, 0) is 54.7 Å². The first-order chi connectivity index (χ1) is 10.5. The van der Waals surface area contributed by atoms with Crippen LogP contribution in [-0.4, -0.2) is 25.6 Å². The highest BCUT2D eigenvalue weighted by atomic mass is 35.5. The molecule has 22 heavy (non-hydrogen) atoms. The molecule has 2 aromatic rings. The molecule has 0 aromatic heterocycles. The van der Waals surface area contributed by atoms with Crippen LogP contribution < -0.4 is 0 Å². The molecule has 0 saturated carbocycles. The molecule has 2 aromatic carbocycles. The third-order valence-electron chi connectivity index (χ3n) is 3.64. The van der Waals surface area contributed by atoms with Crippen molar-refractivity contribution < 1.29 is 4.84 Å². The largest absolute Gasteiger partial charge is 0.276 e. The molecule has 0 saturated heterocycles. The van der Waals surface area contributed by atoms with Crippen LogP contribution in [0.4, 0.5) is 5.69 Å². The maximum absolute atomic E-state index is 6.26. The van der Waals surface area contributed by atoms with Crippen molar-refractivity contribution in [1.29, 1.82) is 0 Å². The Morgan fingerprint density at radius 2 is 1.86 bits per heavy atom. The number of aliphatic imine (C=N–C) groups is 1. The summed E-state index contributed by atoms with van der Waals surface area (Å²) in [6.07, 6.45) is 2.49. The molecule has 0 N–H and O–H groups in total. The standard InChI is InChI=1S/C18H21ClN2O/c1-13-10-18(20-12-21(3)22-4)14(2)9-16(13)11-15-7-5-6-8-17(15)19/h5-10,12H,11H2,1-4H3. The van der Waals surface area contributed by atoms with E-state index < -0.39 is 0 Å². The van der Waals surface area contributed by atoms with E-state index in [4.69, 9.17) is 16.4 Å². The summed E-state index contributed by atoms with van der Waals surface area (Å²) in [6, 6.07) is 12.2. The van der Waals surface area contributed by atoms with Crippen molar-refractivity contribution in [2.24, 2.45) is 4.99 Å². The molecule has 0 bridgehead atoms. The van der Waals surface area contributed by atoms with Gasteiger partial charge < -0.3 is 0 Å². The highest BCUT2D eigenvalue weighted by molar-refractivity contribution is 6.31. The molecule has 0 radical (unpaired) electrons. The monoisotopic (exact) mass is 316 g/mol. The lowest BCUT2D eigenvalue weighted by molar-refractivity contribution is -0.0363. The number of hydrogen-bond donors (Lipinski definition) is 0. The number of halogens is 1. The lowest BCUT2D eigenvalue weighted by atomic mass is 9.97. The minimum absolute atomic E-state index is 0.809. The van der Waals surface area contributed by atoms with Gasteiger partial charge in [0, 0.05) is 12.1 Å². The average molecular weight is 317 g/mol. The van der Waals surface area contributed by atoms with Gasteiger partial charge in [0.2, 0.25) is 0 Å². The van der Waals surface area contributed by atoms with Gasteiger partial charge in [0.15, 0.2) is 0 Å². The van der Waals surface area contributed by atoms with Crippen LogP contribution in [0, 0.1) is 13.8 Å². The van der Waals surface area contributed by atoms with Crippen molar-refractivity contribution in [3.05, 3.63) is 63.7 Å². The van der Waals surface area contributed by atoms with Gasteiger partial charge in [-0.25, -0.2) is 10.1 Å². The second-order valence-electron chi connectivity index (χ2n) is 5.31. The normalized spacial score (nSPS) is 11.1. The lowest BCUT2D eigenvalue weighted by Gasteiger charge is -2.12. The van der Waals surface area contributed by atoms with E-state index in [1.165, 1.54) is 11.1 Å². The van der Waals surface area contributed by atoms with E-state index in [-0.39, 0.29) is 0 Å². The van der Waals surface area contributed by atoms with E-state index in [2.05, 4.69) is 37.0 Å². The summed E-state index contributed by atoms with van der Waals surface area (Å²) in [5.74, 6) is 0. The predicted octanol–water partition coefficient (Wildman–Crippen LogP) is 4.70. The van der Waals surface area contributed by atoms with Crippen LogP contribution in [0.3, 0.4) is 0 Å². The minimum Gasteiger partial charge on any atom is -0.276 e. The van der Waals surface area contributed by atoms with Crippen molar-refractivity contribution in [1.82, 2.24) is 5.06 Å². The zero-order chi connectivity index (χ0) is 16.1. The molecule has 0 atom stereocenters. The molecule has 3 nitrogen and oxygen atoms in total. The van der Waals surface area contributed by atoms with Crippen molar-refractivity contribution in [3.63, 3.8) is 0 Å². The number of benzene rings is 2. The average Bonchev–Trinajstić information content (AvgIpc) is 2.51. The fourth-order valence-corrected chi connectivity index (χ4v) is 2.43. The Balaban J connectivity index is 2.27. The van der Waals surface area contributed by atoms with Gasteiger partial charge in [-0.1, -0.05) is 35.9 Å². The van der Waals surface area contributed by atoms with Gasteiger partial charge in [-0.2, -0.15) is 0 Å². The number of nitrogens with zero attached hydrogens (tertiary/aromatic N) is 2. The molecule has 0 aliphatic carbocycles. The second-order valence-corrected chi connectivity index (χ2v) is 5.71. The molecule has 0 heterocycles. The first-order valence-electron chi connectivity index (χ1n) is 7.16. The molecule has 0 amide bonds. The maximum atomic E-state index is 6.26. The molecule has 0 aliphatic rings. The highest BCUT2D eigenvalue weighted by Crippen LogP contribution is 2.26. The maximum Gasteiger partial charge on any atom is 0.116 e. The van der Waals surface area contributed by atoms with Crippen molar-refractivity contribution in [2.75, 3.05) is 14.2 Å². The zero-order valence-corrected chi connectivity index (χ0v) is 14.2. The van der Waals surface area contributed by atoms with E-state index in [9.17, 15) is 0 Å². The van der Waals surface area contributed by atoms with Gasteiger partial charge in [0.05, 0.1) is 12.8 Å². The Labute approximate surface area is 137 Å². The Hall–Kier alpha value is -1.84. The van der Waals surface area contributed by atoms with Gasteiger partial charge in [0.25, 0.3) is 0 Å². The Bertz CT molecular complexity index is 683. The van der Waals surface area contributed by atoms with Gasteiger partial charge in [-0.15, -0.1) is 0 Å². The van der Waals surface area contributed by atoms with Crippen LogP contribution in [0.15, 0.2) is 41.4 Å². The van der Waals surface area contributed by atoms with Crippen LogP contribution in [0.5, 0.6) is 0 Å². The Kier molecular flexibility index (Phi) is 5.58. The molecule has 4 heteroatoms. The summed E-state index contributed by atoms with van der Waals surface area (Å²) >= 11 is 6.26. The summed E-state index contributed by atoms with van der Waals surface area (Å²) in [4.78, 5) is 9.48. The van der Waals surface area contributed by atoms with E-state index >= 15 is 0 Å². The molecule has 0 fully saturated rings. The van der Waals surface area contributed by atoms with Crippen LogP contribution in [0.25, 0.3) is 0 Å². The molecule has 0 unspecified atom stereocenters. The van der Waals surface area contributed by atoms with E-state index in [1.54, 1.807) is 25.6 Å². The summed E-state index contributed by atoms with van der Waals surface area (Å²) in [5, 5.41) is 2.37. The van der Waals surface area contributed by atoms with Crippen molar-refractivity contribution >= 4 is 23.6 Å². The third kappa shape index (κ3) is 4.09. The summed E-state index contributed by atoms with van der Waals surface area (Å²) in [7, 11) is 3.41. The highest BCUT2D eigenvalue weighted by Gasteiger charge is 2.07. The topological polar surface area (TPSA) is 24.8 Å². The first kappa shape index (κ1) is 16.5. The number of hydrogen-bond acceptors (Lipinski definition) is 2. The quantitative estimate of drug-likeness (QED) is 0.454. The fraction of sp³-hybridized carbons (Fsp3) is 0.278. The summed E-state index contributed by atoms with van der Waals surface area (Å²) < 4.78 is 0. The first-order valence-corrected chi connectivity index (χ1v) is 7.53. The molecule has 2 rings (SSSR count). The van der Waals surface area contributed by atoms with Gasteiger partial charge in [0.1, 0.15) is 6.34 Å². The summed E-state index contributed by atoms with van der Waals surface area (Å²) in [5.41, 5.74) is 5.70. The van der Waals surface area contributed by atoms with E-state index in [0.717, 1.165) is 28.3 Å². The summed E-state index contributed by atoms with van der Waals surface area (Å²) in [6.45, 7) is 4.17. The Morgan fingerprint density at radius 3 is 2.55 bits per heavy atom.